The summed E-state index contributed by atoms with van der Waals surface area (Å²) in [7, 11) is 0. The summed E-state index contributed by atoms with van der Waals surface area (Å²) in [6.07, 6.45) is 4.52. The van der Waals surface area contributed by atoms with Crippen LogP contribution in [0, 0.1) is 0 Å². The van der Waals surface area contributed by atoms with E-state index in [0.29, 0.717) is 17.1 Å². The second-order valence-electron chi connectivity index (χ2n) is 8.39. The zero-order chi connectivity index (χ0) is 22.9. The van der Waals surface area contributed by atoms with Crippen LogP contribution in [-0.4, -0.2) is 36.5 Å². The van der Waals surface area contributed by atoms with Gasteiger partial charge in [-0.2, -0.15) is 0 Å². The smallest absolute Gasteiger partial charge is 0.196 e. The number of nitrogens with zero attached hydrogens (tertiary/aromatic N) is 4. The summed E-state index contributed by atoms with van der Waals surface area (Å²) < 4.78 is 1.99. The maximum absolute atomic E-state index is 10.7. The lowest BCUT2D eigenvalue weighted by Crippen LogP contribution is -2.02. The molecule has 3 heterocycles. The molecule has 0 spiro atoms. The lowest BCUT2D eigenvalue weighted by atomic mass is 9.98. The number of nitrogens with one attached hydrogen (secondary N) is 1. The molecule has 8 heteroatoms. The molecule has 4 aromatic rings. The molecule has 0 radical (unpaired) electrons. The van der Waals surface area contributed by atoms with Crippen LogP contribution in [0.25, 0.3) is 17.1 Å². The summed E-state index contributed by atoms with van der Waals surface area (Å²) >= 11 is 1.58. The first-order chi connectivity index (χ1) is 16.0. The molecule has 33 heavy (non-hydrogen) atoms. The van der Waals surface area contributed by atoms with Crippen molar-refractivity contribution in [2.24, 2.45) is 0 Å². The number of hydrogen-bond donors (Lipinski definition) is 3. The fraction of sp³-hybridized carbons (Fsp3) is 0.240. The highest BCUT2D eigenvalue weighted by Gasteiger charge is 2.22. The molecule has 2 aromatic carbocycles. The molecule has 0 aliphatic carbocycles. The Bertz CT molecular complexity index is 1300. The van der Waals surface area contributed by atoms with E-state index in [1.165, 1.54) is 11.6 Å². The second-order valence-corrected chi connectivity index (χ2v) is 9.33. The molecule has 2 aromatic heterocycles. The first-order valence-corrected chi connectivity index (χ1v) is 11.9. The highest BCUT2D eigenvalue weighted by molar-refractivity contribution is 7.98. The van der Waals surface area contributed by atoms with Crippen LogP contribution in [0.3, 0.4) is 0 Å². The minimum absolute atomic E-state index is 0.0286. The normalized spacial score (nSPS) is 12.7. The quantitative estimate of drug-likeness (QED) is 0.344. The molecular weight excluding hydrogens is 434 g/mol. The van der Waals surface area contributed by atoms with Crippen molar-refractivity contribution >= 4 is 17.4 Å². The van der Waals surface area contributed by atoms with E-state index >= 15 is 0 Å². The van der Waals surface area contributed by atoms with Gasteiger partial charge in [-0.05, 0) is 65.4 Å². The van der Waals surface area contributed by atoms with E-state index < -0.39 is 0 Å². The van der Waals surface area contributed by atoms with Crippen molar-refractivity contribution in [3.63, 3.8) is 0 Å². The van der Waals surface area contributed by atoms with Gasteiger partial charge in [0.15, 0.2) is 11.0 Å². The van der Waals surface area contributed by atoms with Crippen molar-refractivity contribution in [1.29, 1.82) is 0 Å². The fourth-order valence-electron chi connectivity index (χ4n) is 4.06. The Morgan fingerprint density at radius 3 is 2.64 bits per heavy atom. The highest BCUT2D eigenvalue weighted by Crippen LogP contribution is 2.40. The highest BCUT2D eigenvalue weighted by atomic mass is 32.2. The van der Waals surface area contributed by atoms with Gasteiger partial charge in [-0.15, -0.1) is 10.2 Å². The Kier molecular flexibility index (Phi) is 5.68. The number of rotatable bonds is 6. The van der Waals surface area contributed by atoms with E-state index in [0.717, 1.165) is 40.6 Å². The van der Waals surface area contributed by atoms with Crippen molar-refractivity contribution in [2.45, 2.75) is 37.1 Å². The number of fused-ring (bicyclic) bond motifs is 1. The fourth-order valence-corrected chi connectivity index (χ4v) is 4.97. The molecule has 0 fully saturated rings. The zero-order valence-corrected chi connectivity index (χ0v) is 19.3. The van der Waals surface area contributed by atoms with E-state index in [1.807, 2.05) is 42.7 Å². The molecule has 5 rings (SSSR count). The lowest BCUT2D eigenvalue weighted by molar-refractivity contribution is 0.444. The first kappa shape index (κ1) is 21.3. The number of thioether (sulfide) groups is 1. The molecule has 0 amide bonds. The standard InChI is InChI=1S/C25H25N5O2S/c1-15(2)19-12-20(23(32)13-22(19)31)24-28-29-25(33-14-16-5-8-26-9-6-16)30(24)18-3-4-21-17(11-18)7-10-27-21/h3-6,8-9,11-13,15,27,31-32H,7,10,14H2,1-2H3. The molecule has 3 N–H and O–H groups in total. The van der Waals surface area contributed by atoms with Crippen molar-refractivity contribution in [3.8, 4) is 28.6 Å². The third kappa shape index (κ3) is 4.14. The summed E-state index contributed by atoms with van der Waals surface area (Å²) in [6, 6.07) is 13.4. The van der Waals surface area contributed by atoms with E-state index in [4.69, 9.17) is 0 Å². The summed E-state index contributed by atoms with van der Waals surface area (Å²) in [5.41, 5.74) is 5.76. The van der Waals surface area contributed by atoms with Gasteiger partial charge in [0.2, 0.25) is 0 Å². The van der Waals surface area contributed by atoms with Gasteiger partial charge < -0.3 is 15.5 Å². The van der Waals surface area contributed by atoms with Gasteiger partial charge in [-0.1, -0.05) is 25.6 Å². The Hall–Kier alpha value is -3.52. The summed E-state index contributed by atoms with van der Waals surface area (Å²) in [5.74, 6) is 1.39. The Balaban J connectivity index is 1.63. The average Bonchev–Trinajstić information content (AvgIpc) is 3.44. The van der Waals surface area contributed by atoms with Crippen LogP contribution in [0.2, 0.25) is 0 Å². The average molecular weight is 460 g/mol. The number of aromatic hydroxyl groups is 2. The molecule has 168 valence electrons. The molecule has 0 saturated heterocycles. The van der Waals surface area contributed by atoms with Crippen LogP contribution >= 0.6 is 11.8 Å². The molecule has 0 atom stereocenters. The van der Waals surface area contributed by atoms with E-state index in [1.54, 1.807) is 24.2 Å². The van der Waals surface area contributed by atoms with Crippen LogP contribution in [0.4, 0.5) is 5.69 Å². The van der Waals surface area contributed by atoms with Crippen LogP contribution in [0.1, 0.15) is 36.5 Å². The number of aromatic nitrogens is 4. The summed E-state index contributed by atoms with van der Waals surface area (Å²) in [6.45, 7) is 4.93. The SMILES string of the molecule is CC(C)c1cc(-c2nnc(SCc3ccncc3)n2-c2ccc3c(c2)CCN3)c(O)cc1O. The van der Waals surface area contributed by atoms with Crippen molar-refractivity contribution in [3.05, 3.63) is 71.5 Å². The van der Waals surface area contributed by atoms with Crippen LogP contribution in [-0.2, 0) is 12.2 Å². The minimum Gasteiger partial charge on any atom is -0.508 e. The van der Waals surface area contributed by atoms with E-state index in [9.17, 15) is 10.2 Å². The number of hydrogen-bond acceptors (Lipinski definition) is 7. The maximum atomic E-state index is 10.7. The number of pyridine rings is 1. The number of phenols is 2. The minimum atomic E-state index is -0.0286. The van der Waals surface area contributed by atoms with Crippen LogP contribution in [0.15, 0.2) is 60.0 Å². The molecule has 0 saturated carbocycles. The maximum Gasteiger partial charge on any atom is 0.196 e. The molecule has 7 nitrogen and oxygen atoms in total. The zero-order valence-electron chi connectivity index (χ0n) is 18.5. The van der Waals surface area contributed by atoms with Gasteiger partial charge in [0, 0.05) is 36.4 Å². The van der Waals surface area contributed by atoms with E-state index in [2.05, 4.69) is 32.6 Å². The molecule has 1 aliphatic heterocycles. The van der Waals surface area contributed by atoms with Crippen molar-refractivity contribution in [2.75, 3.05) is 11.9 Å². The predicted octanol–water partition coefficient (Wildman–Crippen LogP) is 5.12. The van der Waals surface area contributed by atoms with E-state index in [-0.39, 0.29) is 17.4 Å². The van der Waals surface area contributed by atoms with Crippen LogP contribution in [0.5, 0.6) is 11.5 Å². The second kappa shape index (κ2) is 8.78. The van der Waals surface area contributed by atoms with Gasteiger partial charge >= 0.3 is 0 Å². The van der Waals surface area contributed by atoms with Crippen molar-refractivity contribution in [1.82, 2.24) is 19.7 Å². The van der Waals surface area contributed by atoms with Gasteiger partial charge in [-0.25, -0.2) is 0 Å². The Morgan fingerprint density at radius 1 is 1.03 bits per heavy atom. The van der Waals surface area contributed by atoms with Gasteiger partial charge in [0.25, 0.3) is 0 Å². The monoisotopic (exact) mass is 459 g/mol. The molecule has 1 aliphatic rings. The molecular formula is C25H25N5O2S. The first-order valence-electron chi connectivity index (χ1n) is 10.9. The molecule has 0 bridgehead atoms. The predicted molar refractivity (Wildman–Crippen MR) is 130 cm³/mol. The van der Waals surface area contributed by atoms with Gasteiger partial charge in [0.1, 0.15) is 11.5 Å². The topological polar surface area (TPSA) is 96.1 Å². The third-order valence-corrected chi connectivity index (χ3v) is 6.82. The third-order valence-electron chi connectivity index (χ3n) is 5.82. The molecule has 0 unspecified atom stereocenters. The van der Waals surface area contributed by atoms with Crippen molar-refractivity contribution < 1.29 is 10.2 Å². The Labute approximate surface area is 196 Å². The summed E-state index contributed by atoms with van der Waals surface area (Å²) in [5, 5.41) is 34.1. The van der Waals surface area contributed by atoms with Gasteiger partial charge in [0.05, 0.1) is 11.3 Å². The van der Waals surface area contributed by atoms with Gasteiger partial charge in [-0.3, -0.25) is 9.55 Å². The van der Waals surface area contributed by atoms with Crippen LogP contribution < -0.4 is 5.32 Å². The lowest BCUT2D eigenvalue weighted by Gasteiger charge is -2.15. The largest absolute Gasteiger partial charge is 0.508 e. The Morgan fingerprint density at radius 2 is 1.85 bits per heavy atom. The number of phenolic OH excluding ortho intramolecular Hbond substituents is 2. The summed E-state index contributed by atoms with van der Waals surface area (Å²) in [4.78, 5) is 4.09. The number of benzene rings is 2. The number of anilines is 1.